The second kappa shape index (κ2) is 4.34. The maximum absolute atomic E-state index is 11.5. The predicted octanol–water partition coefficient (Wildman–Crippen LogP) is 1.22. The van der Waals surface area contributed by atoms with E-state index in [4.69, 9.17) is 0 Å². The van der Waals surface area contributed by atoms with Gasteiger partial charge in [-0.3, -0.25) is 15.0 Å². The first-order chi connectivity index (χ1) is 7.68. The zero-order valence-electron chi connectivity index (χ0n) is 8.83. The van der Waals surface area contributed by atoms with Crippen molar-refractivity contribution in [1.29, 1.82) is 0 Å². The summed E-state index contributed by atoms with van der Waals surface area (Å²) in [7, 11) is 0. The Morgan fingerprint density at radius 2 is 2.00 bits per heavy atom. The summed E-state index contributed by atoms with van der Waals surface area (Å²) < 4.78 is 0.693. The highest BCUT2D eigenvalue weighted by atomic mass is 16.6. The van der Waals surface area contributed by atoms with Gasteiger partial charge in [0, 0.05) is 0 Å². The molecule has 1 aliphatic heterocycles. The van der Waals surface area contributed by atoms with Crippen molar-refractivity contribution in [3.63, 3.8) is 0 Å². The third-order valence-corrected chi connectivity index (χ3v) is 2.77. The SMILES string of the molecule is O=[N+]([O-])c1cc[n+]([O-])c(N2CCCCC2)c1. The van der Waals surface area contributed by atoms with E-state index in [1.54, 1.807) is 0 Å². The lowest BCUT2D eigenvalue weighted by atomic mass is 10.1. The summed E-state index contributed by atoms with van der Waals surface area (Å²) in [5, 5.41) is 22.2. The first kappa shape index (κ1) is 10.7. The third-order valence-electron chi connectivity index (χ3n) is 2.77. The maximum atomic E-state index is 11.5. The van der Waals surface area contributed by atoms with Crippen LogP contribution in [0.3, 0.4) is 0 Å². The molecule has 2 rings (SSSR count). The summed E-state index contributed by atoms with van der Waals surface area (Å²) >= 11 is 0. The van der Waals surface area contributed by atoms with E-state index in [9.17, 15) is 15.3 Å². The van der Waals surface area contributed by atoms with Gasteiger partial charge in [-0.25, -0.2) is 4.73 Å². The Balaban J connectivity index is 2.30. The number of nitro groups is 1. The highest BCUT2D eigenvalue weighted by Gasteiger charge is 2.22. The Labute approximate surface area is 92.8 Å². The summed E-state index contributed by atoms with van der Waals surface area (Å²) in [4.78, 5) is 12.1. The lowest BCUT2D eigenvalue weighted by molar-refractivity contribution is -0.593. The smallest absolute Gasteiger partial charge is 0.286 e. The van der Waals surface area contributed by atoms with E-state index in [2.05, 4.69) is 0 Å². The van der Waals surface area contributed by atoms with Crippen molar-refractivity contribution in [2.75, 3.05) is 18.0 Å². The molecular weight excluding hydrogens is 210 g/mol. The molecule has 1 aromatic heterocycles. The van der Waals surface area contributed by atoms with Gasteiger partial charge in [0.15, 0.2) is 0 Å². The van der Waals surface area contributed by atoms with E-state index in [-0.39, 0.29) is 5.69 Å². The zero-order chi connectivity index (χ0) is 11.5. The maximum Gasteiger partial charge on any atom is 0.286 e. The lowest BCUT2D eigenvalue weighted by Gasteiger charge is -2.23. The van der Waals surface area contributed by atoms with Crippen LogP contribution >= 0.6 is 0 Å². The van der Waals surface area contributed by atoms with Crippen molar-refractivity contribution in [2.45, 2.75) is 19.3 Å². The Hall–Kier alpha value is -1.85. The van der Waals surface area contributed by atoms with Crippen LogP contribution in [0.1, 0.15) is 19.3 Å². The van der Waals surface area contributed by atoms with Gasteiger partial charge in [-0.15, -0.1) is 0 Å². The number of anilines is 1. The van der Waals surface area contributed by atoms with Crippen LogP contribution < -0.4 is 9.63 Å². The van der Waals surface area contributed by atoms with Gasteiger partial charge in [-0.1, -0.05) is 0 Å². The van der Waals surface area contributed by atoms with Gasteiger partial charge >= 0.3 is 0 Å². The average Bonchev–Trinajstić information content (AvgIpc) is 2.30. The molecule has 1 aliphatic rings. The predicted molar refractivity (Wildman–Crippen MR) is 58.1 cm³/mol. The van der Waals surface area contributed by atoms with Crippen LogP contribution in [-0.2, 0) is 0 Å². The largest absolute Gasteiger partial charge is 0.711 e. The molecule has 1 fully saturated rings. The van der Waals surface area contributed by atoms with E-state index in [0.717, 1.165) is 32.4 Å². The van der Waals surface area contributed by atoms with Crippen molar-refractivity contribution in [3.8, 4) is 0 Å². The first-order valence-electron chi connectivity index (χ1n) is 5.31. The number of pyridine rings is 1. The lowest BCUT2D eigenvalue weighted by Crippen LogP contribution is -2.40. The minimum absolute atomic E-state index is 0.0346. The first-order valence-corrected chi connectivity index (χ1v) is 5.31. The van der Waals surface area contributed by atoms with Crippen molar-refractivity contribution in [1.82, 2.24) is 0 Å². The Bertz CT molecular complexity index is 402. The van der Waals surface area contributed by atoms with Crippen molar-refractivity contribution in [3.05, 3.63) is 33.7 Å². The van der Waals surface area contributed by atoms with Gasteiger partial charge in [0.2, 0.25) is 0 Å². The number of piperidine rings is 1. The minimum atomic E-state index is -0.479. The van der Waals surface area contributed by atoms with Gasteiger partial charge in [0.25, 0.3) is 11.5 Å². The molecule has 1 saturated heterocycles. The van der Waals surface area contributed by atoms with E-state index in [1.165, 1.54) is 18.3 Å². The Morgan fingerprint density at radius 1 is 1.31 bits per heavy atom. The fourth-order valence-electron chi connectivity index (χ4n) is 1.93. The van der Waals surface area contributed by atoms with Crippen LogP contribution in [0.4, 0.5) is 11.5 Å². The standard InChI is InChI=1S/C10H13N3O3/c14-12-7-4-9(13(15)16)8-10(12)11-5-2-1-3-6-11/h4,7-8H,1-3,5-6H2. The summed E-state index contributed by atoms with van der Waals surface area (Å²) in [6.07, 6.45) is 4.41. The number of hydrogen-bond donors (Lipinski definition) is 0. The van der Waals surface area contributed by atoms with Gasteiger partial charge in [0.1, 0.15) is 12.3 Å². The Kier molecular flexibility index (Phi) is 2.89. The fourth-order valence-corrected chi connectivity index (χ4v) is 1.93. The van der Waals surface area contributed by atoms with Gasteiger partial charge in [0.05, 0.1) is 24.1 Å². The van der Waals surface area contributed by atoms with Crippen LogP contribution in [0.5, 0.6) is 0 Å². The molecule has 0 amide bonds. The zero-order valence-corrected chi connectivity index (χ0v) is 8.83. The van der Waals surface area contributed by atoms with Crippen molar-refractivity contribution < 1.29 is 9.65 Å². The highest BCUT2D eigenvalue weighted by molar-refractivity contribution is 5.42. The molecule has 0 bridgehead atoms. The molecule has 2 heterocycles. The molecule has 0 radical (unpaired) electrons. The van der Waals surface area contributed by atoms with Crippen molar-refractivity contribution >= 4 is 11.5 Å². The van der Waals surface area contributed by atoms with Gasteiger partial charge in [-0.05, 0) is 19.3 Å². The van der Waals surface area contributed by atoms with E-state index >= 15 is 0 Å². The highest BCUT2D eigenvalue weighted by Crippen LogP contribution is 2.20. The van der Waals surface area contributed by atoms with Crippen LogP contribution in [0.15, 0.2) is 18.3 Å². The summed E-state index contributed by atoms with van der Waals surface area (Å²) in [5.41, 5.74) is -0.0346. The molecule has 6 nitrogen and oxygen atoms in total. The fraction of sp³-hybridized carbons (Fsp3) is 0.500. The van der Waals surface area contributed by atoms with E-state index in [1.807, 2.05) is 4.90 Å². The molecular formula is C10H13N3O3. The molecule has 0 atom stereocenters. The van der Waals surface area contributed by atoms with Crippen LogP contribution in [0, 0.1) is 15.3 Å². The molecule has 0 N–H and O–H groups in total. The van der Waals surface area contributed by atoms with Crippen LogP contribution in [0.25, 0.3) is 0 Å². The van der Waals surface area contributed by atoms with E-state index < -0.39 is 4.92 Å². The summed E-state index contributed by atoms with van der Waals surface area (Å²) in [6, 6.07) is 2.57. The number of rotatable bonds is 2. The monoisotopic (exact) mass is 223 g/mol. The second-order valence-corrected chi connectivity index (χ2v) is 3.87. The van der Waals surface area contributed by atoms with Crippen LogP contribution in [-0.4, -0.2) is 18.0 Å². The van der Waals surface area contributed by atoms with Gasteiger partial charge < -0.3 is 5.21 Å². The summed E-state index contributed by atoms with van der Waals surface area (Å²) in [6.45, 7) is 1.59. The molecule has 1 aromatic rings. The van der Waals surface area contributed by atoms with Crippen molar-refractivity contribution in [2.24, 2.45) is 0 Å². The normalized spacial score (nSPS) is 16.1. The molecule has 6 heteroatoms. The topological polar surface area (TPSA) is 73.3 Å². The average molecular weight is 223 g/mol. The molecule has 0 aromatic carbocycles. The molecule has 86 valence electrons. The number of aromatic nitrogens is 1. The second-order valence-electron chi connectivity index (χ2n) is 3.87. The molecule has 16 heavy (non-hydrogen) atoms. The number of hydrogen-bond acceptors (Lipinski definition) is 4. The third kappa shape index (κ3) is 2.05. The van der Waals surface area contributed by atoms with E-state index in [0.29, 0.717) is 10.5 Å². The minimum Gasteiger partial charge on any atom is -0.711 e. The molecule has 0 aliphatic carbocycles. The Morgan fingerprint density at radius 3 is 2.62 bits per heavy atom. The number of nitrogens with zero attached hydrogens (tertiary/aromatic N) is 3. The molecule has 0 spiro atoms. The van der Waals surface area contributed by atoms with Gasteiger partial charge in [-0.2, -0.15) is 0 Å². The quantitative estimate of drug-likeness (QED) is 0.327. The molecule has 0 unspecified atom stereocenters. The van der Waals surface area contributed by atoms with Crippen LogP contribution in [0.2, 0.25) is 0 Å². The molecule has 0 saturated carbocycles. The summed E-state index contributed by atoms with van der Waals surface area (Å²) in [5.74, 6) is 0.383.